The Morgan fingerprint density at radius 2 is 1.86 bits per heavy atom. The van der Waals surface area contributed by atoms with Crippen molar-refractivity contribution in [2.75, 3.05) is 18.0 Å². The van der Waals surface area contributed by atoms with Gasteiger partial charge in [0, 0.05) is 42.8 Å². The van der Waals surface area contributed by atoms with Gasteiger partial charge < -0.3 is 9.80 Å². The third-order valence-corrected chi connectivity index (χ3v) is 5.73. The van der Waals surface area contributed by atoms with Crippen molar-refractivity contribution in [3.63, 3.8) is 0 Å². The van der Waals surface area contributed by atoms with Crippen LogP contribution in [0.15, 0.2) is 24.7 Å². The summed E-state index contributed by atoms with van der Waals surface area (Å²) in [7, 11) is 0. The lowest BCUT2D eigenvalue weighted by Crippen LogP contribution is -2.48. The number of piperidine rings is 1. The first-order valence-electron chi connectivity index (χ1n) is 10.1. The molecule has 29 heavy (non-hydrogen) atoms. The van der Waals surface area contributed by atoms with E-state index in [2.05, 4.69) is 29.9 Å². The fourth-order valence-corrected chi connectivity index (χ4v) is 4.21. The van der Waals surface area contributed by atoms with Crippen molar-refractivity contribution in [3.05, 3.63) is 41.9 Å². The molecule has 4 heterocycles. The fourth-order valence-electron chi connectivity index (χ4n) is 4.21. The minimum atomic E-state index is -0.119. The number of nitrogens with zero attached hydrogens (tertiary/aromatic N) is 8. The van der Waals surface area contributed by atoms with Crippen LogP contribution < -0.4 is 4.90 Å². The molecule has 0 aromatic carbocycles. The van der Waals surface area contributed by atoms with Gasteiger partial charge in [0.1, 0.15) is 12.1 Å². The van der Waals surface area contributed by atoms with Gasteiger partial charge in [-0.25, -0.2) is 19.5 Å². The lowest BCUT2D eigenvalue weighted by atomic mass is 10.0. The Morgan fingerprint density at radius 3 is 2.55 bits per heavy atom. The maximum atomic E-state index is 13.0. The summed E-state index contributed by atoms with van der Waals surface area (Å²) >= 11 is 0. The zero-order valence-electron chi connectivity index (χ0n) is 16.7. The zero-order valence-corrected chi connectivity index (χ0v) is 16.7. The molecule has 2 fully saturated rings. The molecule has 1 saturated heterocycles. The van der Waals surface area contributed by atoms with Gasteiger partial charge in [-0.05, 0) is 51.7 Å². The van der Waals surface area contributed by atoms with Gasteiger partial charge in [0.05, 0.1) is 0 Å². The number of likely N-dealkylation sites (tertiary alicyclic amines) is 1. The number of fused-ring (bicyclic) bond motifs is 1. The van der Waals surface area contributed by atoms with Crippen LogP contribution in [0.3, 0.4) is 0 Å². The van der Waals surface area contributed by atoms with E-state index in [-0.39, 0.29) is 11.7 Å². The molecule has 1 aliphatic heterocycles. The van der Waals surface area contributed by atoms with Crippen molar-refractivity contribution in [2.45, 2.75) is 51.6 Å². The summed E-state index contributed by atoms with van der Waals surface area (Å²) in [5.74, 6) is 1.57. The highest BCUT2D eigenvalue weighted by Crippen LogP contribution is 2.35. The Labute approximate surface area is 168 Å². The average Bonchev–Trinajstić information content (AvgIpc) is 3.46. The molecule has 5 rings (SSSR count). The first kappa shape index (κ1) is 18.0. The second kappa shape index (κ2) is 7.06. The van der Waals surface area contributed by atoms with E-state index < -0.39 is 0 Å². The Kier molecular flexibility index (Phi) is 4.37. The van der Waals surface area contributed by atoms with Gasteiger partial charge in [0.2, 0.25) is 5.82 Å². The first-order chi connectivity index (χ1) is 14.1. The molecule has 150 valence electrons. The number of carbonyl (C=O) groups excluding carboxylic acids is 1. The third-order valence-electron chi connectivity index (χ3n) is 5.73. The number of carbonyl (C=O) groups is 1. The van der Waals surface area contributed by atoms with Gasteiger partial charge in [-0.3, -0.25) is 4.79 Å². The largest absolute Gasteiger partial charge is 0.350 e. The van der Waals surface area contributed by atoms with Crippen LogP contribution in [0.4, 0.5) is 5.82 Å². The van der Waals surface area contributed by atoms with Crippen LogP contribution in [0.25, 0.3) is 5.78 Å². The molecule has 0 bridgehead atoms. The van der Waals surface area contributed by atoms with Crippen LogP contribution in [-0.4, -0.2) is 65.5 Å². The molecule has 0 unspecified atom stereocenters. The van der Waals surface area contributed by atoms with Crippen LogP contribution in [0.5, 0.6) is 0 Å². The molecule has 0 N–H and O–H groups in total. The van der Waals surface area contributed by atoms with Crippen LogP contribution in [-0.2, 0) is 0 Å². The lowest BCUT2D eigenvalue weighted by molar-refractivity contribution is 0.0699. The highest BCUT2D eigenvalue weighted by Gasteiger charge is 2.37. The highest BCUT2D eigenvalue weighted by molar-refractivity contribution is 5.91. The third kappa shape index (κ3) is 3.41. The Bertz CT molecular complexity index is 1040. The predicted molar refractivity (Wildman–Crippen MR) is 107 cm³/mol. The first-order valence-corrected chi connectivity index (χ1v) is 10.1. The van der Waals surface area contributed by atoms with Gasteiger partial charge in [0.25, 0.3) is 11.7 Å². The summed E-state index contributed by atoms with van der Waals surface area (Å²) < 4.78 is 1.64. The maximum absolute atomic E-state index is 13.0. The number of hydrogen-bond donors (Lipinski definition) is 0. The molecule has 3 aromatic rings. The van der Waals surface area contributed by atoms with Gasteiger partial charge in [0.15, 0.2) is 0 Å². The monoisotopic (exact) mass is 392 g/mol. The highest BCUT2D eigenvalue weighted by atomic mass is 16.2. The predicted octanol–water partition coefficient (Wildman–Crippen LogP) is 1.80. The van der Waals surface area contributed by atoms with Gasteiger partial charge in [-0.15, -0.1) is 5.10 Å². The normalized spacial score (nSPS) is 17.7. The Balaban J connectivity index is 1.30. The summed E-state index contributed by atoms with van der Waals surface area (Å²) in [5.41, 5.74) is 1.79. The smallest absolute Gasteiger partial charge is 0.293 e. The van der Waals surface area contributed by atoms with Crippen molar-refractivity contribution >= 4 is 17.5 Å². The topological polar surface area (TPSA) is 92.4 Å². The van der Waals surface area contributed by atoms with Crippen molar-refractivity contribution in [2.24, 2.45) is 0 Å². The molecule has 1 aliphatic carbocycles. The summed E-state index contributed by atoms with van der Waals surface area (Å²) in [6.45, 7) is 5.24. The van der Waals surface area contributed by atoms with E-state index in [1.807, 2.05) is 30.9 Å². The summed E-state index contributed by atoms with van der Waals surface area (Å²) in [6.07, 6.45) is 7.64. The van der Waals surface area contributed by atoms with E-state index in [0.29, 0.717) is 31.0 Å². The number of hydrogen-bond acceptors (Lipinski definition) is 7. The van der Waals surface area contributed by atoms with Crippen LogP contribution in [0.1, 0.15) is 47.7 Å². The molecular formula is C20H24N8O. The molecule has 9 nitrogen and oxygen atoms in total. The lowest BCUT2D eigenvalue weighted by Gasteiger charge is -2.39. The molecular weight excluding hydrogens is 368 g/mol. The van der Waals surface area contributed by atoms with Crippen molar-refractivity contribution in [3.8, 4) is 0 Å². The van der Waals surface area contributed by atoms with E-state index in [4.69, 9.17) is 0 Å². The minimum absolute atomic E-state index is 0.119. The minimum Gasteiger partial charge on any atom is -0.350 e. The molecule has 1 saturated carbocycles. The maximum Gasteiger partial charge on any atom is 0.293 e. The molecule has 9 heteroatoms. The molecule has 1 amide bonds. The molecule has 2 aliphatic rings. The number of aryl methyl sites for hydroxylation is 2. The number of aromatic nitrogens is 6. The van der Waals surface area contributed by atoms with Crippen LogP contribution in [0, 0.1) is 13.8 Å². The zero-order chi connectivity index (χ0) is 20.0. The van der Waals surface area contributed by atoms with Crippen LogP contribution >= 0.6 is 0 Å². The quantitative estimate of drug-likeness (QED) is 0.668. The van der Waals surface area contributed by atoms with E-state index in [1.165, 1.54) is 12.8 Å². The van der Waals surface area contributed by atoms with Gasteiger partial charge >= 0.3 is 0 Å². The Morgan fingerprint density at radius 1 is 1.10 bits per heavy atom. The summed E-state index contributed by atoms with van der Waals surface area (Å²) in [4.78, 5) is 34.5. The second-order valence-electron chi connectivity index (χ2n) is 7.92. The van der Waals surface area contributed by atoms with E-state index in [0.717, 1.165) is 30.0 Å². The van der Waals surface area contributed by atoms with Crippen LogP contribution in [0.2, 0.25) is 0 Å². The van der Waals surface area contributed by atoms with Gasteiger partial charge in [-0.1, -0.05) is 0 Å². The van der Waals surface area contributed by atoms with Gasteiger partial charge in [-0.2, -0.15) is 4.98 Å². The molecule has 0 atom stereocenters. The van der Waals surface area contributed by atoms with E-state index >= 15 is 0 Å². The molecule has 3 aromatic heterocycles. The van der Waals surface area contributed by atoms with Crippen molar-refractivity contribution in [1.29, 1.82) is 0 Å². The van der Waals surface area contributed by atoms with Crippen molar-refractivity contribution < 1.29 is 4.79 Å². The number of rotatable bonds is 4. The summed E-state index contributed by atoms with van der Waals surface area (Å²) in [6, 6.07) is 4.87. The van der Waals surface area contributed by atoms with E-state index in [9.17, 15) is 4.79 Å². The Hall–Kier alpha value is -3.10. The fraction of sp³-hybridized carbons (Fsp3) is 0.500. The summed E-state index contributed by atoms with van der Waals surface area (Å²) in [5, 5.41) is 4.39. The number of amides is 1. The average molecular weight is 392 g/mol. The SMILES string of the molecule is Cc1cc(C)n2nc(C(=O)N3CCC(N(c4ccncn4)C4CC4)CC3)nc2n1. The van der Waals surface area contributed by atoms with Crippen molar-refractivity contribution in [1.82, 2.24) is 34.4 Å². The van der Waals surface area contributed by atoms with E-state index in [1.54, 1.807) is 17.0 Å². The molecule has 0 radical (unpaired) electrons. The molecule has 0 spiro atoms. The second-order valence-corrected chi connectivity index (χ2v) is 7.92. The number of anilines is 1. The standard InChI is InChI=1S/C20H24N8O/c1-13-11-14(2)28-20(23-13)24-18(25-28)19(29)26-9-6-16(7-10-26)27(15-3-4-15)17-5-8-21-12-22-17/h5,8,11-12,15-16H,3-4,6-7,9-10H2,1-2H3.